The Bertz CT molecular complexity index is 829. The van der Waals surface area contributed by atoms with E-state index in [2.05, 4.69) is 11.4 Å². The molecule has 5 nitrogen and oxygen atoms in total. The number of ether oxygens (including phenoxy) is 1. The number of carbonyl (C=O) groups excluding carboxylic acids is 2. The first-order valence-corrected chi connectivity index (χ1v) is 10.1. The molecule has 1 amide bonds. The molecule has 1 aliphatic rings. The minimum Gasteiger partial charge on any atom is -0.452 e. The maximum Gasteiger partial charge on any atom is 0.318 e. The first-order valence-electron chi connectivity index (χ1n) is 10.1. The summed E-state index contributed by atoms with van der Waals surface area (Å²) in [5.41, 5.74) is 0.753. The van der Waals surface area contributed by atoms with Gasteiger partial charge in [-0.05, 0) is 30.9 Å². The number of nitrogens with zero attached hydrogens (tertiary/aromatic N) is 1. The van der Waals surface area contributed by atoms with Crippen molar-refractivity contribution in [2.24, 2.45) is 0 Å². The van der Waals surface area contributed by atoms with Crippen LogP contribution in [0.15, 0.2) is 60.7 Å². The van der Waals surface area contributed by atoms with Crippen LogP contribution in [-0.4, -0.2) is 23.5 Å². The Labute approximate surface area is 171 Å². The van der Waals surface area contributed by atoms with Crippen LogP contribution < -0.4 is 5.32 Å². The molecular formula is C24H26N2O3. The number of hydrogen-bond donors (Lipinski definition) is 1. The van der Waals surface area contributed by atoms with Gasteiger partial charge in [0.05, 0.1) is 6.07 Å². The summed E-state index contributed by atoms with van der Waals surface area (Å²) >= 11 is 0. The lowest BCUT2D eigenvalue weighted by Gasteiger charge is -2.32. The van der Waals surface area contributed by atoms with Gasteiger partial charge in [-0.2, -0.15) is 5.26 Å². The Kier molecular flexibility index (Phi) is 6.66. The molecule has 0 aliphatic heterocycles. The molecule has 1 saturated carbocycles. The summed E-state index contributed by atoms with van der Waals surface area (Å²) < 4.78 is 5.55. The Morgan fingerprint density at radius 2 is 1.48 bits per heavy atom. The van der Waals surface area contributed by atoms with Crippen LogP contribution >= 0.6 is 0 Å². The molecule has 1 aliphatic carbocycles. The number of nitrogens with one attached hydrogen (secondary N) is 1. The molecule has 0 aromatic heterocycles. The lowest BCUT2D eigenvalue weighted by molar-refractivity contribution is -0.156. The molecule has 2 aromatic rings. The van der Waals surface area contributed by atoms with Crippen LogP contribution in [-0.2, 0) is 14.3 Å². The number of benzene rings is 2. The van der Waals surface area contributed by atoms with Crippen LogP contribution in [0.2, 0.25) is 0 Å². The second kappa shape index (κ2) is 9.38. The fourth-order valence-corrected chi connectivity index (χ4v) is 3.81. The van der Waals surface area contributed by atoms with Gasteiger partial charge >= 0.3 is 5.97 Å². The van der Waals surface area contributed by atoms with E-state index >= 15 is 0 Å². The Balaban J connectivity index is 1.74. The van der Waals surface area contributed by atoms with Gasteiger partial charge < -0.3 is 10.1 Å². The molecule has 1 fully saturated rings. The van der Waals surface area contributed by atoms with Crippen molar-refractivity contribution in [2.45, 2.75) is 56.6 Å². The predicted octanol–water partition coefficient (Wildman–Crippen LogP) is 4.09. The molecule has 150 valence electrons. The topological polar surface area (TPSA) is 79.2 Å². The van der Waals surface area contributed by atoms with E-state index in [1.807, 2.05) is 60.7 Å². The van der Waals surface area contributed by atoms with E-state index in [1.165, 1.54) is 0 Å². The molecule has 1 N–H and O–H groups in total. The van der Waals surface area contributed by atoms with Crippen molar-refractivity contribution < 1.29 is 14.3 Å². The quantitative estimate of drug-likeness (QED) is 0.754. The van der Waals surface area contributed by atoms with Crippen molar-refractivity contribution in [1.29, 1.82) is 5.26 Å². The molecular weight excluding hydrogens is 364 g/mol. The number of rotatable bonds is 6. The van der Waals surface area contributed by atoms with Gasteiger partial charge in [-0.15, -0.1) is 0 Å². The highest BCUT2D eigenvalue weighted by Gasteiger charge is 2.36. The minimum absolute atomic E-state index is 0.429. The third-order valence-electron chi connectivity index (χ3n) is 5.45. The van der Waals surface area contributed by atoms with E-state index in [0.717, 1.165) is 30.4 Å². The monoisotopic (exact) mass is 390 g/mol. The van der Waals surface area contributed by atoms with Gasteiger partial charge in [0.25, 0.3) is 5.91 Å². The smallest absolute Gasteiger partial charge is 0.318 e. The molecule has 0 radical (unpaired) electrons. The van der Waals surface area contributed by atoms with Crippen LogP contribution in [0.25, 0.3) is 0 Å². The maximum absolute atomic E-state index is 13.0. The van der Waals surface area contributed by atoms with Crippen LogP contribution in [0.5, 0.6) is 0 Å². The second-order valence-electron chi connectivity index (χ2n) is 7.58. The fraction of sp³-hybridized carbons (Fsp3) is 0.375. The summed E-state index contributed by atoms with van der Waals surface area (Å²) in [6, 6.07) is 21.0. The summed E-state index contributed by atoms with van der Waals surface area (Å²) in [5.74, 6) is -1.53. The Morgan fingerprint density at radius 1 is 0.966 bits per heavy atom. The highest BCUT2D eigenvalue weighted by atomic mass is 16.5. The Morgan fingerprint density at radius 3 is 1.97 bits per heavy atom. The Hall–Kier alpha value is -3.13. The van der Waals surface area contributed by atoms with Gasteiger partial charge in [0.15, 0.2) is 6.10 Å². The van der Waals surface area contributed by atoms with Crippen LogP contribution in [0.1, 0.15) is 56.1 Å². The lowest BCUT2D eigenvalue weighted by Crippen LogP contribution is -2.52. The molecule has 1 atom stereocenters. The number of amides is 1. The van der Waals surface area contributed by atoms with Gasteiger partial charge in [-0.3, -0.25) is 9.59 Å². The zero-order valence-corrected chi connectivity index (χ0v) is 16.6. The van der Waals surface area contributed by atoms with Gasteiger partial charge in [0.1, 0.15) is 11.5 Å². The normalized spacial score (nSPS) is 16.4. The van der Waals surface area contributed by atoms with Crippen molar-refractivity contribution in [3.05, 3.63) is 71.8 Å². The number of hydrogen-bond acceptors (Lipinski definition) is 4. The van der Waals surface area contributed by atoms with E-state index in [1.54, 1.807) is 6.92 Å². The molecule has 3 rings (SSSR count). The molecule has 0 spiro atoms. The van der Waals surface area contributed by atoms with Crippen molar-refractivity contribution in [2.75, 3.05) is 0 Å². The minimum atomic E-state index is -0.982. The molecule has 0 heterocycles. The summed E-state index contributed by atoms with van der Waals surface area (Å²) in [6.45, 7) is 1.55. The number of esters is 1. The van der Waals surface area contributed by atoms with E-state index in [-0.39, 0.29) is 0 Å². The van der Waals surface area contributed by atoms with Gasteiger partial charge in [0, 0.05) is 0 Å². The van der Waals surface area contributed by atoms with E-state index in [9.17, 15) is 14.9 Å². The van der Waals surface area contributed by atoms with Gasteiger partial charge in [-0.25, -0.2) is 0 Å². The summed E-state index contributed by atoms with van der Waals surface area (Å²) in [4.78, 5) is 25.7. The van der Waals surface area contributed by atoms with Crippen molar-refractivity contribution in [1.82, 2.24) is 5.32 Å². The SMILES string of the molecule is CC(OC(=O)C(c1ccccc1)c1ccccc1)C(=O)NC1(C#N)CCCCC1. The van der Waals surface area contributed by atoms with Crippen molar-refractivity contribution >= 4 is 11.9 Å². The van der Waals surface area contributed by atoms with Crippen molar-refractivity contribution in [3.63, 3.8) is 0 Å². The maximum atomic E-state index is 13.0. The van der Waals surface area contributed by atoms with E-state index in [0.29, 0.717) is 12.8 Å². The van der Waals surface area contributed by atoms with Gasteiger partial charge in [-0.1, -0.05) is 79.9 Å². The number of nitriles is 1. The zero-order chi connectivity index (χ0) is 20.7. The standard InChI is InChI=1S/C24H26N2O3/c1-18(22(27)26-24(17-25)15-9-4-10-16-24)29-23(28)21(19-11-5-2-6-12-19)20-13-7-3-8-14-20/h2-3,5-8,11-14,18,21H,4,9-10,15-16H2,1H3,(H,26,27). The molecule has 0 saturated heterocycles. The average molecular weight is 390 g/mol. The zero-order valence-electron chi connectivity index (χ0n) is 16.6. The second-order valence-corrected chi connectivity index (χ2v) is 7.58. The van der Waals surface area contributed by atoms with E-state index in [4.69, 9.17) is 4.74 Å². The summed E-state index contributed by atoms with van der Waals surface area (Å²) in [7, 11) is 0. The van der Waals surface area contributed by atoms with Crippen LogP contribution in [0, 0.1) is 11.3 Å². The lowest BCUT2D eigenvalue weighted by atomic mass is 9.82. The summed E-state index contributed by atoms with van der Waals surface area (Å²) in [5, 5.41) is 12.4. The largest absolute Gasteiger partial charge is 0.452 e. The highest BCUT2D eigenvalue weighted by molar-refractivity contribution is 5.87. The van der Waals surface area contributed by atoms with Crippen LogP contribution in [0.4, 0.5) is 0 Å². The third-order valence-corrected chi connectivity index (χ3v) is 5.45. The third kappa shape index (κ3) is 5.03. The molecule has 0 bridgehead atoms. The average Bonchev–Trinajstić information content (AvgIpc) is 2.76. The predicted molar refractivity (Wildman–Crippen MR) is 110 cm³/mol. The van der Waals surface area contributed by atoms with Gasteiger partial charge in [0.2, 0.25) is 0 Å². The fourth-order valence-electron chi connectivity index (χ4n) is 3.81. The van der Waals surface area contributed by atoms with Crippen LogP contribution in [0.3, 0.4) is 0 Å². The highest BCUT2D eigenvalue weighted by Crippen LogP contribution is 2.29. The first-order chi connectivity index (χ1) is 14.0. The molecule has 1 unspecified atom stereocenters. The first kappa shape index (κ1) is 20.6. The van der Waals surface area contributed by atoms with Crippen molar-refractivity contribution in [3.8, 4) is 6.07 Å². The molecule has 5 heteroatoms. The number of carbonyl (C=O) groups is 2. The molecule has 29 heavy (non-hydrogen) atoms. The molecule has 2 aromatic carbocycles. The summed E-state index contributed by atoms with van der Waals surface area (Å²) in [6.07, 6.45) is 3.17. The van der Waals surface area contributed by atoms with E-state index < -0.39 is 29.4 Å².